The number of hydrogen-bond acceptors (Lipinski definition) is 1. The van der Waals surface area contributed by atoms with Gasteiger partial charge in [0.2, 0.25) is 0 Å². The van der Waals surface area contributed by atoms with Crippen molar-refractivity contribution in [1.29, 1.82) is 0 Å². The molecule has 2 amide bonds. The SMILES string of the molecule is CCC1(C2CC2)c2cc(C)ccc2NC(=O)N1CCF. The first-order valence-electron chi connectivity index (χ1n) is 7.39. The molecular weight excluding hydrogens is 255 g/mol. The first-order valence-corrected chi connectivity index (χ1v) is 7.39. The van der Waals surface area contributed by atoms with E-state index >= 15 is 0 Å². The molecule has 1 aromatic rings. The molecule has 1 aromatic carbocycles. The van der Waals surface area contributed by atoms with Crippen molar-refractivity contribution in [1.82, 2.24) is 4.90 Å². The van der Waals surface area contributed by atoms with Crippen molar-refractivity contribution in [2.75, 3.05) is 18.5 Å². The maximum Gasteiger partial charge on any atom is 0.322 e. The lowest BCUT2D eigenvalue weighted by atomic mass is 9.78. The third-order valence-electron chi connectivity index (χ3n) is 4.71. The van der Waals surface area contributed by atoms with Gasteiger partial charge in [0.1, 0.15) is 6.67 Å². The summed E-state index contributed by atoms with van der Waals surface area (Å²) in [6.45, 7) is 3.84. The third-order valence-corrected chi connectivity index (χ3v) is 4.71. The summed E-state index contributed by atoms with van der Waals surface area (Å²) in [7, 11) is 0. The van der Waals surface area contributed by atoms with Crippen molar-refractivity contribution in [2.45, 2.75) is 38.6 Å². The Hall–Kier alpha value is -1.58. The van der Waals surface area contributed by atoms with Gasteiger partial charge in [0, 0.05) is 11.3 Å². The van der Waals surface area contributed by atoms with E-state index in [2.05, 4.69) is 25.2 Å². The molecule has 1 fully saturated rings. The summed E-state index contributed by atoms with van der Waals surface area (Å²) in [5, 5.41) is 2.91. The van der Waals surface area contributed by atoms with Crippen LogP contribution in [0.3, 0.4) is 0 Å². The summed E-state index contributed by atoms with van der Waals surface area (Å²) in [5.41, 5.74) is 2.91. The van der Waals surface area contributed by atoms with Crippen LogP contribution >= 0.6 is 0 Å². The van der Waals surface area contributed by atoms with Gasteiger partial charge >= 0.3 is 6.03 Å². The van der Waals surface area contributed by atoms with Crippen molar-refractivity contribution in [3.8, 4) is 0 Å². The van der Waals surface area contributed by atoms with Gasteiger partial charge in [-0.1, -0.05) is 24.6 Å². The number of anilines is 1. The zero-order valence-corrected chi connectivity index (χ0v) is 12.1. The Kier molecular flexibility index (Phi) is 3.19. The van der Waals surface area contributed by atoms with Crippen molar-refractivity contribution in [2.24, 2.45) is 5.92 Å². The summed E-state index contributed by atoms with van der Waals surface area (Å²) in [6.07, 6.45) is 3.08. The van der Waals surface area contributed by atoms with E-state index in [1.54, 1.807) is 4.90 Å². The van der Waals surface area contributed by atoms with Crippen LogP contribution in [-0.4, -0.2) is 24.2 Å². The van der Waals surface area contributed by atoms with E-state index in [1.807, 2.05) is 12.1 Å². The van der Waals surface area contributed by atoms with Gasteiger partial charge in [0.25, 0.3) is 0 Å². The van der Waals surface area contributed by atoms with Crippen molar-refractivity contribution in [3.05, 3.63) is 29.3 Å². The van der Waals surface area contributed by atoms with Crippen LogP contribution in [0.25, 0.3) is 0 Å². The second-order valence-corrected chi connectivity index (χ2v) is 5.87. The molecule has 1 N–H and O–H groups in total. The number of nitrogens with zero attached hydrogens (tertiary/aromatic N) is 1. The Balaban J connectivity index is 2.18. The van der Waals surface area contributed by atoms with Crippen LogP contribution in [0.15, 0.2) is 18.2 Å². The first kappa shape index (κ1) is 13.4. The number of fused-ring (bicyclic) bond motifs is 1. The van der Waals surface area contributed by atoms with Crippen LogP contribution in [0.5, 0.6) is 0 Å². The zero-order chi connectivity index (χ0) is 14.3. The monoisotopic (exact) mass is 276 g/mol. The average molecular weight is 276 g/mol. The number of benzene rings is 1. The second kappa shape index (κ2) is 4.76. The number of rotatable bonds is 4. The number of alkyl halides is 1. The standard InChI is InChI=1S/C16H21FN2O/c1-3-16(12-5-6-12)13-10-11(2)4-7-14(13)18-15(20)19(16)9-8-17/h4,7,10,12H,3,5-6,8-9H2,1-2H3,(H,18,20). The van der Waals surface area contributed by atoms with Crippen LogP contribution in [0.4, 0.5) is 14.9 Å². The van der Waals surface area contributed by atoms with Gasteiger partial charge in [0.05, 0.1) is 12.1 Å². The van der Waals surface area contributed by atoms with E-state index in [4.69, 9.17) is 0 Å². The molecule has 1 aliphatic carbocycles. The largest absolute Gasteiger partial charge is 0.322 e. The van der Waals surface area contributed by atoms with Crippen molar-refractivity contribution < 1.29 is 9.18 Å². The lowest BCUT2D eigenvalue weighted by Gasteiger charge is -2.48. The van der Waals surface area contributed by atoms with Gasteiger partial charge in [-0.3, -0.25) is 0 Å². The number of nitrogens with one attached hydrogen (secondary N) is 1. The Morgan fingerprint density at radius 3 is 2.80 bits per heavy atom. The number of hydrogen-bond donors (Lipinski definition) is 1. The highest BCUT2D eigenvalue weighted by atomic mass is 19.1. The maximum absolute atomic E-state index is 12.9. The Morgan fingerprint density at radius 2 is 2.20 bits per heavy atom. The van der Waals surface area contributed by atoms with Crippen LogP contribution in [0, 0.1) is 12.8 Å². The predicted octanol–water partition coefficient (Wildman–Crippen LogP) is 3.83. The lowest BCUT2D eigenvalue weighted by Crippen LogP contribution is -2.56. The molecule has 3 nitrogen and oxygen atoms in total. The quantitative estimate of drug-likeness (QED) is 0.890. The van der Waals surface area contributed by atoms with Gasteiger partial charge < -0.3 is 10.2 Å². The maximum atomic E-state index is 12.9. The van der Waals surface area contributed by atoms with Gasteiger partial charge in [-0.15, -0.1) is 0 Å². The minimum Gasteiger partial charge on any atom is -0.312 e. The summed E-state index contributed by atoms with van der Waals surface area (Å²) in [6, 6.07) is 5.98. The molecule has 1 saturated carbocycles. The molecule has 20 heavy (non-hydrogen) atoms. The second-order valence-electron chi connectivity index (χ2n) is 5.87. The smallest absolute Gasteiger partial charge is 0.312 e. The highest BCUT2D eigenvalue weighted by Crippen LogP contribution is 2.55. The fourth-order valence-corrected chi connectivity index (χ4v) is 3.69. The molecule has 1 heterocycles. The van der Waals surface area contributed by atoms with E-state index in [1.165, 1.54) is 5.56 Å². The fourth-order valence-electron chi connectivity index (χ4n) is 3.69. The Morgan fingerprint density at radius 1 is 1.45 bits per heavy atom. The minimum atomic E-state index is -0.497. The van der Waals surface area contributed by atoms with Crippen LogP contribution < -0.4 is 5.32 Å². The summed E-state index contributed by atoms with van der Waals surface area (Å²) in [4.78, 5) is 14.1. The lowest BCUT2D eigenvalue weighted by molar-refractivity contribution is 0.0847. The molecule has 1 atom stereocenters. The molecule has 2 aliphatic rings. The summed E-state index contributed by atoms with van der Waals surface area (Å²) in [5.74, 6) is 0.464. The number of amides is 2. The molecule has 0 saturated heterocycles. The number of aryl methyl sites for hydroxylation is 1. The number of carbonyl (C=O) groups is 1. The third kappa shape index (κ3) is 1.81. The molecule has 0 radical (unpaired) electrons. The predicted molar refractivity (Wildman–Crippen MR) is 77.6 cm³/mol. The van der Waals surface area contributed by atoms with E-state index in [9.17, 15) is 9.18 Å². The van der Waals surface area contributed by atoms with Crippen LogP contribution in [0.1, 0.15) is 37.3 Å². The van der Waals surface area contributed by atoms with Gasteiger partial charge in [0.15, 0.2) is 0 Å². The molecule has 0 aromatic heterocycles. The normalized spacial score (nSPS) is 25.4. The molecule has 108 valence electrons. The van der Waals surface area contributed by atoms with Crippen molar-refractivity contribution >= 4 is 11.7 Å². The van der Waals surface area contributed by atoms with Crippen LogP contribution in [-0.2, 0) is 5.54 Å². The Bertz CT molecular complexity index is 541. The molecule has 3 rings (SSSR count). The fraction of sp³-hybridized carbons (Fsp3) is 0.562. The molecule has 1 aliphatic heterocycles. The molecular formula is C16H21FN2O. The minimum absolute atomic E-state index is 0.159. The topological polar surface area (TPSA) is 32.3 Å². The van der Waals surface area contributed by atoms with E-state index in [0.29, 0.717) is 5.92 Å². The highest BCUT2D eigenvalue weighted by molar-refractivity contribution is 5.94. The highest BCUT2D eigenvalue weighted by Gasteiger charge is 2.53. The number of halogens is 1. The molecule has 0 bridgehead atoms. The number of carbonyl (C=O) groups excluding carboxylic acids is 1. The van der Waals surface area contributed by atoms with Crippen LogP contribution in [0.2, 0.25) is 0 Å². The summed E-state index contributed by atoms with van der Waals surface area (Å²) >= 11 is 0. The molecule has 1 unspecified atom stereocenters. The average Bonchev–Trinajstić information content (AvgIpc) is 3.26. The van der Waals surface area contributed by atoms with E-state index < -0.39 is 6.67 Å². The summed E-state index contributed by atoms with van der Waals surface area (Å²) < 4.78 is 12.9. The molecule has 0 spiro atoms. The number of urea groups is 1. The molecule has 4 heteroatoms. The van der Waals surface area contributed by atoms with Gasteiger partial charge in [-0.25, -0.2) is 9.18 Å². The zero-order valence-electron chi connectivity index (χ0n) is 12.1. The first-order chi connectivity index (χ1) is 9.63. The van der Waals surface area contributed by atoms with E-state index in [0.717, 1.165) is 30.5 Å². The van der Waals surface area contributed by atoms with E-state index in [-0.39, 0.29) is 18.1 Å². The van der Waals surface area contributed by atoms with Crippen molar-refractivity contribution in [3.63, 3.8) is 0 Å². The van der Waals surface area contributed by atoms with Gasteiger partial charge in [-0.05, 0) is 38.2 Å². The van der Waals surface area contributed by atoms with Gasteiger partial charge in [-0.2, -0.15) is 0 Å². The Labute approximate surface area is 119 Å².